The van der Waals surface area contributed by atoms with Crippen molar-refractivity contribution in [1.82, 2.24) is 5.32 Å². The predicted octanol–water partition coefficient (Wildman–Crippen LogP) is 2.78. The number of rotatable bonds is 12. The number of nitrogens with two attached hydrogens (primary N) is 1. The van der Waals surface area contributed by atoms with Crippen LogP contribution in [0.15, 0.2) is 30.3 Å². The molecule has 0 saturated carbocycles. The maximum atomic E-state index is 5.63. The highest BCUT2D eigenvalue weighted by Gasteiger charge is 1.93. The highest BCUT2D eigenvalue weighted by molar-refractivity contribution is 8.76. The molecule has 0 fully saturated rings. The second kappa shape index (κ2) is 12.7. The van der Waals surface area contributed by atoms with Crippen LogP contribution in [-0.4, -0.2) is 37.7 Å². The van der Waals surface area contributed by atoms with Crippen molar-refractivity contribution in [3.8, 4) is 5.75 Å². The van der Waals surface area contributed by atoms with Gasteiger partial charge in [-0.3, -0.25) is 0 Å². The van der Waals surface area contributed by atoms with Gasteiger partial charge >= 0.3 is 0 Å². The Bertz CT molecular complexity index is 299. The molecule has 0 aliphatic carbocycles. The van der Waals surface area contributed by atoms with Gasteiger partial charge in [0.1, 0.15) is 5.75 Å². The molecule has 0 aromatic heterocycles. The highest BCUT2D eigenvalue weighted by Crippen LogP contribution is 2.18. The van der Waals surface area contributed by atoms with Crippen molar-refractivity contribution >= 4 is 21.6 Å². The summed E-state index contributed by atoms with van der Waals surface area (Å²) in [5.74, 6) is 3.15. The molecule has 3 nitrogen and oxygen atoms in total. The van der Waals surface area contributed by atoms with E-state index in [9.17, 15) is 0 Å². The zero-order chi connectivity index (χ0) is 13.6. The quantitative estimate of drug-likeness (QED) is 0.459. The molecule has 0 atom stereocenters. The average molecular weight is 300 g/mol. The van der Waals surface area contributed by atoms with Gasteiger partial charge in [-0.25, -0.2) is 0 Å². The van der Waals surface area contributed by atoms with Gasteiger partial charge in [0.15, 0.2) is 0 Å². The number of nitrogens with one attached hydrogen (secondary N) is 1. The molecule has 0 aliphatic rings. The molecular weight excluding hydrogens is 276 g/mol. The number of hydrogen-bond donors (Lipinski definition) is 2. The molecule has 5 heteroatoms. The molecule has 0 spiro atoms. The van der Waals surface area contributed by atoms with E-state index in [0.29, 0.717) is 0 Å². The summed E-state index contributed by atoms with van der Waals surface area (Å²) >= 11 is 0. The lowest BCUT2D eigenvalue weighted by atomic mass is 10.3. The largest absolute Gasteiger partial charge is 0.494 e. The molecule has 0 amide bonds. The Hall–Kier alpha value is -0.360. The fourth-order valence-corrected chi connectivity index (χ4v) is 3.27. The lowest BCUT2D eigenvalue weighted by Gasteiger charge is -2.06. The van der Waals surface area contributed by atoms with Crippen LogP contribution in [0.2, 0.25) is 0 Å². The molecule has 108 valence electrons. The number of para-hydroxylation sites is 1. The van der Waals surface area contributed by atoms with Crippen LogP contribution in [0.5, 0.6) is 5.75 Å². The minimum absolute atomic E-state index is 0.770. The zero-order valence-corrected chi connectivity index (χ0v) is 13.0. The van der Waals surface area contributed by atoms with Crippen LogP contribution >= 0.6 is 21.6 Å². The third kappa shape index (κ3) is 10.1. The Morgan fingerprint density at radius 3 is 2.58 bits per heavy atom. The second-order valence-electron chi connectivity index (χ2n) is 4.05. The zero-order valence-electron chi connectivity index (χ0n) is 11.3. The normalized spacial score (nSPS) is 10.6. The monoisotopic (exact) mass is 300 g/mol. The molecule has 0 bridgehead atoms. The second-order valence-corrected chi connectivity index (χ2v) is 6.75. The summed E-state index contributed by atoms with van der Waals surface area (Å²) in [4.78, 5) is 0. The Kier molecular flexibility index (Phi) is 11.1. The average Bonchev–Trinajstić information content (AvgIpc) is 2.46. The van der Waals surface area contributed by atoms with Crippen LogP contribution in [-0.2, 0) is 0 Å². The van der Waals surface area contributed by atoms with Crippen LogP contribution < -0.4 is 15.8 Å². The van der Waals surface area contributed by atoms with Crippen LogP contribution in [0.1, 0.15) is 12.8 Å². The van der Waals surface area contributed by atoms with E-state index in [0.717, 1.165) is 56.3 Å². The summed E-state index contributed by atoms with van der Waals surface area (Å²) < 4.78 is 5.63. The van der Waals surface area contributed by atoms with E-state index in [1.54, 1.807) is 0 Å². The third-order valence-electron chi connectivity index (χ3n) is 2.41. The Morgan fingerprint density at radius 1 is 1.00 bits per heavy atom. The summed E-state index contributed by atoms with van der Waals surface area (Å²) in [5.41, 5.74) is 5.42. The summed E-state index contributed by atoms with van der Waals surface area (Å²) in [6.07, 6.45) is 2.25. The Balaban J connectivity index is 1.79. The molecule has 0 aliphatic heterocycles. The number of hydrogen-bond acceptors (Lipinski definition) is 5. The first-order valence-corrected chi connectivity index (χ1v) is 9.25. The summed E-state index contributed by atoms with van der Waals surface area (Å²) in [7, 11) is 3.75. The van der Waals surface area contributed by atoms with Gasteiger partial charge in [-0.05, 0) is 31.5 Å². The van der Waals surface area contributed by atoms with E-state index >= 15 is 0 Å². The van der Waals surface area contributed by atoms with E-state index < -0.39 is 0 Å². The van der Waals surface area contributed by atoms with Crippen molar-refractivity contribution in [2.45, 2.75) is 12.8 Å². The molecule has 3 N–H and O–H groups in total. The molecule has 1 aromatic rings. The summed E-state index contributed by atoms with van der Waals surface area (Å²) in [5, 5.41) is 3.44. The number of unbranched alkanes of at least 4 members (excludes halogenated alkanes) is 1. The molecule has 0 saturated heterocycles. The first-order chi connectivity index (χ1) is 9.43. The van der Waals surface area contributed by atoms with Crippen molar-refractivity contribution in [3.63, 3.8) is 0 Å². The molecule has 1 aromatic carbocycles. The highest BCUT2D eigenvalue weighted by atomic mass is 33.1. The van der Waals surface area contributed by atoms with Gasteiger partial charge in [0.05, 0.1) is 6.61 Å². The van der Waals surface area contributed by atoms with Crippen molar-refractivity contribution in [1.29, 1.82) is 0 Å². The van der Waals surface area contributed by atoms with Gasteiger partial charge in [-0.15, -0.1) is 0 Å². The first-order valence-electron chi connectivity index (χ1n) is 6.76. The van der Waals surface area contributed by atoms with Crippen molar-refractivity contribution in [2.24, 2.45) is 5.73 Å². The molecule has 0 radical (unpaired) electrons. The van der Waals surface area contributed by atoms with Crippen LogP contribution in [0.4, 0.5) is 0 Å². The third-order valence-corrected chi connectivity index (χ3v) is 4.85. The van der Waals surface area contributed by atoms with Crippen molar-refractivity contribution in [3.05, 3.63) is 30.3 Å². The smallest absolute Gasteiger partial charge is 0.119 e. The maximum absolute atomic E-state index is 5.63. The number of benzene rings is 1. The standard InChI is InChI=1S/C14H24N2OS2/c15-8-12-18-19-13-10-16-9-4-5-11-17-14-6-2-1-3-7-14/h1-3,6-7,16H,4-5,8-13,15H2. The summed E-state index contributed by atoms with van der Waals surface area (Å²) in [6, 6.07) is 9.98. The molecule has 0 heterocycles. The van der Waals surface area contributed by atoms with E-state index in [-0.39, 0.29) is 0 Å². The van der Waals surface area contributed by atoms with Crippen molar-refractivity contribution < 1.29 is 4.74 Å². The fourth-order valence-electron chi connectivity index (χ4n) is 1.46. The van der Waals surface area contributed by atoms with Gasteiger partial charge in [-0.2, -0.15) is 0 Å². The minimum atomic E-state index is 0.770. The van der Waals surface area contributed by atoms with E-state index in [2.05, 4.69) is 5.32 Å². The molecule has 1 rings (SSSR count). The van der Waals surface area contributed by atoms with Crippen LogP contribution in [0.3, 0.4) is 0 Å². The predicted molar refractivity (Wildman–Crippen MR) is 88.0 cm³/mol. The van der Waals surface area contributed by atoms with E-state index in [1.807, 2.05) is 51.9 Å². The van der Waals surface area contributed by atoms with Gasteiger partial charge in [0.25, 0.3) is 0 Å². The first kappa shape index (κ1) is 16.7. The fraction of sp³-hybridized carbons (Fsp3) is 0.571. The molecule has 19 heavy (non-hydrogen) atoms. The van der Waals surface area contributed by atoms with Gasteiger partial charge < -0.3 is 15.8 Å². The number of ether oxygens (including phenoxy) is 1. The minimum Gasteiger partial charge on any atom is -0.494 e. The van der Waals surface area contributed by atoms with Gasteiger partial charge in [0, 0.05) is 24.6 Å². The molecular formula is C14H24N2OS2. The van der Waals surface area contributed by atoms with Crippen LogP contribution in [0.25, 0.3) is 0 Å². The van der Waals surface area contributed by atoms with E-state index in [4.69, 9.17) is 10.5 Å². The maximum Gasteiger partial charge on any atom is 0.119 e. The van der Waals surface area contributed by atoms with Gasteiger partial charge in [0.2, 0.25) is 0 Å². The SMILES string of the molecule is NCCSSCCNCCCCOc1ccccc1. The Labute approximate surface area is 124 Å². The van der Waals surface area contributed by atoms with Crippen LogP contribution in [0, 0.1) is 0 Å². The van der Waals surface area contributed by atoms with Crippen molar-refractivity contribution in [2.75, 3.05) is 37.7 Å². The van der Waals surface area contributed by atoms with E-state index in [1.165, 1.54) is 0 Å². The van der Waals surface area contributed by atoms with Gasteiger partial charge in [-0.1, -0.05) is 39.8 Å². The summed E-state index contributed by atoms with van der Waals surface area (Å²) in [6.45, 7) is 3.71. The lowest BCUT2D eigenvalue weighted by molar-refractivity contribution is 0.306. The lowest BCUT2D eigenvalue weighted by Crippen LogP contribution is -2.18. The topological polar surface area (TPSA) is 47.3 Å². The Morgan fingerprint density at radius 2 is 1.79 bits per heavy atom. The molecule has 0 unspecified atom stereocenters.